The van der Waals surface area contributed by atoms with Crippen LogP contribution in [0.2, 0.25) is 0 Å². The third-order valence-electron chi connectivity index (χ3n) is 3.95. The van der Waals surface area contributed by atoms with Gasteiger partial charge in [-0.15, -0.1) is 0 Å². The normalized spacial score (nSPS) is 22.1. The van der Waals surface area contributed by atoms with Gasteiger partial charge in [-0.05, 0) is 6.07 Å². The molecule has 2 aliphatic rings. The first-order valence-corrected chi connectivity index (χ1v) is 7.27. The van der Waals surface area contributed by atoms with Gasteiger partial charge in [-0.25, -0.2) is 0 Å². The number of carbonyl (C=O) groups excluding carboxylic acids is 1. The van der Waals surface area contributed by atoms with Crippen molar-refractivity contribution in [2.24, 2.45) is 0 Å². The molecule has 1 fully saturated rings. The summed E-state index contributed by atoms with van der Waals surface area (Å²) < 4.78 is 5.55. The molecule has 0 aromatic heterocycles. The first kappa shape index (κ1) is 13.4. The molecule has 1 aromatic rings. The Bertz CT molecular complexity index is 472. The molecule has 2 heterocycles. The molecular weight excluding hydrogens is 254 g/mol. The Kier molecular flexibility index (Phi) is 4.18. The molecule has 1 unspecified atom stereocenters. The summed E-state index contributed by atoms with van der Waals surface area (Å²) in [6.07, 6.45) is 0. The predicted molar refractivity (Wildman–Crippen MR) is 77.0 cm³/mol. The van der Waals surface area contributed by atoms with Crippen LogP contribution in [-0.4, -0.2) is 56.7 Å². The molecule has 108 valence electrons. The first-order valence-electron chi connectivity index (χ1n) is 7.27. The molecule has 5 heteroatoms. The molecule has 0 saturated carbocycles. The van der Waals surface area contributed by atoms with Gasteiger partial charge in [-0.3, -0.25) is 9.69 Å². The minimum Gasteiger partial charge on any atom is -0.492 e. The van der Waals surface area contributed by atoms with Gasteiger partial charge < -0.3 is 15.4 Å². The second-order valence-electron chi connectivity index (χ2n) is 5.28. The van der Waals surface area contributed by atoms with Gasteiger partial charge in [0.05, 0.1) is 0 Å². The quantitative estimate of drug-likeness (QED) is 0.823. The molecule has 3 rings (SSSR count). The maximum atomic E-state index is 12.2. The molecule has 0 bridgehead atoms. The molecule has 0 spiro atoms. The Hall–Kier alpha value is -1.59. The van der Waals surface area contributed by atoms with Gasteiger partial charge in [0.25, 0.3) is 0 Å². The van der Waals surface area contributed by atoms with Crippen LogP contribution in [0.25, 0.3) is 0 Å². The summed E-state index contributed by atoms with van der Waals surface area (Å²) in [5.41, 5.74) is 1.01. The van der Waals surface area contributed by atoms with E-state index < -0.39 is 0 Å². The Morgan fingerprint density at radius 1 is 1.35 bits per heavy atom. The first-order chi connectivity index (χ1) is 9.84. The van der Waals surface area contributed by atoms with E-state index in [1.165, 1.54) is 0 Å². The molecule has 0 aliphatic carbocycles. The number of amides is 1. The monoisotopic (exact) mass is 275 g/mol. The average molecular weight is 275 g/mol. The van der Waals surface area contributed by atoms with Gasteiger partial charge >= 0.3 is 0 Å². The lowest BCUT2D eigenvalue weighted by Gasteiger charge is -2.27. The lowest BCUT2D eigenvalue weighted by atomic mass is 10.0. The van der Waals surface area contributed by atoms with Gasteiger partial charge in [-0.2, -0.15) is 0 Å². The fourth-order valence-corrected chi connectivity index (χ4v) is 2.77. The molecule has 1 aromatic carbocycles. The summed E-state index contributed by atoms with van der Waals surface area (Å²) in [5.74, 6) is 0.758. The largest absolute Gasteiger partial charge is 0.492 e. The van der Waals surface area contributed by atoms with Crippen molar-refractivity contribution in [3.8, 4) is 5.75 Å². The van der Waals surface area contributed by atoms with E-state index in [9.17, 15) is 4.79 Å². The minimum absolute atomic E-state index is 0.0742. The molecular formula is C15H21N3O2. The smallest absolute Gasteiger partial charge is 0.231 e. The number of rotatable bonds is 4. The second kappa shape index (κ2) is 6.24. The highest BCUT2D eigenvalue weighted by Gasteiger charge is 2.29. The Morgan fingerprint density at radius 2 is 2.15 bits per heavy atom. The van der Waals surface area contributed by atoms with Gasteiger partial charge in [0, 0.05) is 44.8 Å². The van der Waals surface area contributed by atoms with E-state index >= 15 is 0 Å². The summed E-state index contributed by atoms with van der Waals surface area (Å²) in [4.78, 5) is 14.6. The number of fused-ring (bicyclic) bond motifs is 1. The lowest BCUT2D eigenvalue weighted by Crippen LogP contribution is -2.46. The molecule has 5 nitrogen and oxygen atoms in total. The van der Waals surface area contributed by atoms with E-state index in [0.29, 0.717) is 13.2 Å². The van der Waals surface area contributed by atoms with Crippen molar-refractivity contribution in [2.45, 2.75) is 5.92 Å². The highest BCUT2D eigenvalue weighted by Crippen LogP contribution is 2.33. The Balaban J connectivity index is 1.48. The van der Waals surface area contributed by atoms with E-state index in [4.69, 9.17) is 4.74 Å². The molecule has 1 saturated heterocycles. The number of hydrogen-bond acceptors (Lipinski definition) is 4. The maximum absolute atomic E-state index is 12.2. The highest BCUT2D eigenvalue weighted by atomic mass is 16.5. The van der Waals surface area contributed by atoms with Gasteiger partial charge in [0.15, 0.2) is 0 Å². The highest BCUT2D eigenvalue weighted by molar-refractivity contribution is 5.85. The number of carbonyl (C=O) groups is 1. The predicted octanol–water partition coefficient (Wildman–Crippen LogP) is 0.184. The van der Waals surface area contributed by atoms with Crippen LogP contribution in [0.4, 0.5) is 0 Å². The van der Waals surface area contributed by atoms with E-state index in [1.54, 1.807) is 0 Å². The fraction of sp³-hybridized carbons (Fsp3) is 0.533. The number of ether oxygens (including phenoxy) is 1. The third kappa shape index (κ3) is 2.94. The van der Waals surface area contributed by atoms with E-state index in [-0.39, 0.29) is 11.8 Å². The van der Waals surface area contributed by atoms with Crippen molar-refractivity contribution in [1.82, 2.24) is 15.5 Å². The summed E-state index contributed by atoms with van der Waals surface area (Å²) in [7, 11) is 0. The van der Waals surface area contributed by atoms with Crippen molar-refractivity contribution in [2.75, 3.05) is 45.9 Å². The third-order valence-corrected chi connectivity index (χ3v) is 3.95. The van der Waals surface area contributed by atoms with Crippen LogP contribution in [0.15, 0.2) is 24.3 Å². The molecule has 2 aliphatic heterocycles. The summed E-state index contributed by atoms with van der Waals surface area (Å²) in [6.45, 7) is 6.28. The molecule has 20 heavy (non-hydrogen) atoms. The Labute approximate surface area is 119 Å². The van der Waals surface area contributed by atoms with E-state index in [1.807, 2.05) is 24.3 Å². The zero-order chi connectivity index (χ0) is 13.8. The van der Waals surface area contributed by atoms with Crippen LogP contribution < -0.4 is 15.4 Å². The van der Waals surface area contributed by atoms with Gasteiger partial charge in [0.2, 0.25) is 5.91 Å². The van der Waals surface area contributed by atoms with E-state index in [2.05, 4.69) is 15.5 Å². The van der Waals surface area contributed by atoms with Crippen LogP contribution >= 0.6 is 0 Å². The number of nitrogens with one attached hydrogen (secondary N) is 2. The average Bonchev–Trinajstić information content (AvgIpc) is 2.92. The fourth-order valence-electron chi connectivity index (χ4n) is 2.77. The van der Waals surface area contributed by atoms with Crippen LogP contribution in [0.1, 0.15) is 11.5 Å². The van der Waals surface area contributed by atoms with Crippen LogP contribution in [-0.2, 0) is 4.79 Å². The lowest BCUT2D eigenvalue weighted by molar-refractivity contribution is -0.122. The number of piperazine rings is 1. The summed E-state index contributed by atoms with van der Waals surface area (Å²) in [5, 5.41) is 6.36. The van der Waals surface area contributed by atoms with Crippen LogP contribution in [0.3, 0.4) is 0 Å². The summed E-state index contributed by atoms with van der Waals surface area (Å²) in [6, 6.07) is 7.78. The second-order valence-corrected chi connectivity index (χ2v) is 5.28. The van der Waals surface area contributed by atoms with Crippen LogP contribution in [0.5, 0.6) is 5.75 Å². The number of benzene rings is 1. The number of hydrogen-bond donors (Lipinski definition) is 2. The molecule has 1 atom stereocenters. The van der Waals surface area contributed by atoms with Gasteiger partial charge in [-0.1, -0.05) is 18.2 Å². The van der Waals surface area contributed by atoms with Crippen molar-refractivity contribution in [3.05, 3.63) is 29.8 Å². The standard InChI is InChI=1S/C15H21N3O2/c19-15(17-7-10-18-8-5-16-6-9-18)13-11-20-14-4-2-1-3-12(13)14/h1-4,13,16H,5-11H2,(H,17,19). The molecule has 1 amide bonds. The zero-order valence-electron chi connectivity index (χ0n) is 11.6. The van der Waals surface area contributed by atoms with Crippen molar-refractivity contribution in [3.63, 3.8) is 0 Å². The van der Waals surface area contributed by atoms with Crippen molar-refractivity contribution < 1.29 is 9.53 Å². The van der Waals surface area contributed by atoms with E-state index in [0.717, 1.165) is 44.0 Å². The van der Waals surface area contributed by atoms with Crippen molar-refractivity contribution >= 4 is 5.91 Å². The zero-order valence-corrected chi connectivity index (χ0v) is 11.6. The minimum atomic E-state index is -0.158. The van der Waals surface area contributed by atoms with Gasteiger partial charge in [0.1, 0.15) is 18.3 Å². The Morgan fingerprint density at radius 3 is 3.00 bits per heavy atom. The summed E-state index contributed by atoms with van der Waals surface area (Å²) >= 11 is 0. The maximum Gasteiger partial charge on any atom is 0.231 e. The van der Waals surface area contributed by atoms with Crippen molar-refractivity contribution in [1.29, 1.82) is 0 Å². The SMILES string of the molecule is O=C(NCCN1CCNCC1)C1COc2ccccc21. The number of nitrogens with zero attached hydrogens (tertiary/aromatic N) is 1. The topological polar surface area (TPSA) is 53.6 Å². The van der Waals surface area contributed by atoms with Crippen LogP contribution in [0, 0.1) is 0 Å². The molecule has 0 radical (unpaired) electrons. The molecule has 2 N–H and O–H groups in total. The number of para-hydroxylation sites is 1.